The lowest BCUT2D eigenvalue weighted by molar-refractivity contribution is -0.442. The molecule has 0 saturated carbocycles. The summed E-state index contributed by atoms with van der Waals surface area (Å²) in [6.45, 7) is 7.11. The lowest BCUT2D eigenvalue weighted by Crippen LogP contribution is -2.75. The number of nitrogens with zero attached hydrogens (tertiary/aromatic N) is 1. The maximum atomic E-state index is 12.8. The summed E-state index contributed by atoms with van der Waals surface area (Å²) >= 11 is 1.17. The van der Waals surface area contributed by atoms with Gasteiger partial charge in [0.25, 0.3) is 0 Å². The molecule has 0 aliphatic carbocycles. The zero-order valence-electron chi connectivity index (χ0n) is 14.3. The molecule has 0 aromatic heterocycles. The number of carboxylic acid groups (broad SMARTS) is 1. The number of rotatable bonds is 5. The van der Waals surface area contributed by atoms with Crippen molar-refractivity contribution in [3.05, 3.63) is 29.3 Å². The van der Waals surface area contributed by atoms with Crippen LogP contribution in [0.15, 0.2) is 18.2 Å². The molecule has 24 heavy (non-hydrogen) atoms. The van der Waals surface area contributed by atoms with Gasteiger partial charge in [-0.1, -0.05) is 18.2 Å². The molecule has 6 nitrogen and oxygen atoms in total. The molecule has 1 fully saturated rings. The Morgan fingerprint density at radius 3 is 2.38 bits per heavy atom. The van der Waals surface area contributed by atoms with Gasteiger partial charge in [0.05, 0.1) is 15.7 Å². The van der Waals surface area contributed by atoms with Gasteiger partial charge in [0, 0.05) is 6.42 Å². The van der Waals surface area contributed by atoms with Gasteiger partial charge in [-0.25, -0.2) is 4.90 Å². The van der Waals surface area contributed by atoms with E-state index >= 15 is 0 Å². The highest BCUT2D eigenvalue weighted by Gasteiger charge is 2.45. The van der Waals surface area contributed by atoms with Crippen molar-refractivity contribution in [1.82, 2.24) is 0 Å². The van der Waals surface area contributed by atoms with Gasteiger partial charge in [-0.3, -0.25) is 9.59 Å². The van der Waals surface area contributed by atoms with Crippen LogP contribution in [-0.2, 0) is 14.4 Å². The van der Waals surface area contributed by atoms with Crippen LogP contribution in [0.4, 0.5) is 5.69 Å². The average molecular weight is 350 g/mol. The molecule has 2 rings (SSSR count). The minimum absolute atomic E-state index is 0.0560. The first-order valence-corrected chi connectivity index (χ1v) is 8.59. The zero-order chi connectivity index (χ0) is 18.2. The second kappa shape index (κ2) is 6.57. The Balaban J connectivity index is 2.28. The quantitative estimate of drug-likeness (QED) is 0.741. The highest BCUT2D eigenvalue weighted by Crippen LogP contribution is 2.39. The van der Waals surface area contributed by atoms with Crippen molar-refractivity contribution in [3.63, 3.8) is 0 Å². The number of quaternary nitrogens is 1. The topological polar surface area (TPSA) is 105 Å². The molecule has 130 valence electrons. The molecular formula is C17H22N2O4S. The monoisotopic (exact) mass is 350 g/mol. The van der Waals surface area contributed by atoms with Crippen LogP contribution in [-0.4, -0.2) is 33.8 Å². The third kappa shape index (κ3) is 3.32. The molecule has 0 spiro atoms. The van der Waals surface area contributed by atoms with Gasteiger partial charge in [0.2, 0.25) is 11.8 Å². The molecular weight excluding hydrogens is 328 g/mol. The van der Waals surface area contributed by atoms with Crippen LogP contribution in [0.3, 0.4) is 0 Å². The lowest BCUT2D eigenvalue weighted by Gasteiger charge is -2.30. The summed E-state index contributed by atoms with van der Waals surface area (Å²) in [7, 11) is 0. The summed E-state index contributed by atoms with van der Waals surface area (Å²) in [5.41, 5.74) is 5.94. The Bertz CT molecular complexity index is 682. The summed E-state index contributed by atoms with van der Waals surface area (Å²) in [6.07, 6.45) is 0.0560. The van der Waals surface area contributed by atoms with E-state index in [1.54, 1.807) is 13.8 Å². The molecule has 0 unspecified atom stereocenters. The summed E-state index contributed by atoms with van der Waals surface area (Å²) < 4.78 is -0.823. The van der Waals surface area contributed by atoms with E-state index in [0.717, 1.165) is 11.1 Å². The van der Waals surface area contributed by atoms with E-state index in [1.807, 2.05) is 32.0 Å². The van der Waals surface area contributed by atoms with Crippen molar-refractivity contribution < 1.29 is 25.2 Å². The Morgan fingerprint density at radius 2 is 1.88 bits per heavy atom. The molecule has 7 heteroatoms. The molecule has 3 N–H and O–H groups in total. The second-order valence-corrected chi connectivity index (χ2v) is 8.45. The molecule has 1 aromatic rings. The minimum atomic E-state index is -1.27. The third-order valence-corrected chi connectivity index (χ3v) is 5.88. The van der Waals surface area contributed by atoms with Crippen LogP contribution in [0.2, 0.25) is 0 Å². The van der Waals surface area contributed by atoms with Crippen molar-refractivity contribution in [1.29, 1.82) is 0 Å². The van der Waals surface area contributed by atoms with Crippen LogP contribution in [0.5, 0.6) is 0 Å². The zero-order valence-corrected chi connectivity index (χ0v) is 15.1. The second-order valence-electron chi connectivity index (χ2n) is 6.59. The highest BCUT2D eigenvalue weighted by atomic mass is 32.2. The number of benzene rings is 1. The number of para-hydroxylation sites is 1. The lowest BCUT2D eigenvalue weighted by atomic mass is 10.1. The molecule has 0 radical (unpaired) electrons. The number of aliphatic carboxylic acids is 1. The number of aryl methyl sites for hydroxylation is 2. The van der Waals surface area contributed by atoms with Gasteiger partial charge in [0.15, 0.2) is 0 Å². The predicted octanol–water partition coefficient (Wildman–Crippen LogP) is -0.192. The van der Waals surface area contributed by atoms with Gasteiger partial charge >= 0.3 is 0 Å². The number of carbonyl (C=O) groups excluding carboxylic acids is 3. The molecule has 0 bridgehead atoms. The molecule has 1 aliphatic rings. The fourth-order valence-electron chi connectivity index (χ4n) is 2.82. The van der Waals surface area contributed by atoms with Crippen LogP contribution < -0.4 is 15.7 Å². The molecule has 1 saturated heterocycles. The maximum Gasteiger partial charge on any atom is 0.247 e. The van der Waals surface area contributed by atoms with Crippen LogP contribution in [0.1, 0.15) is 31.4 Å². The predicted molar refractivity (Wildman–Crippen MR) is 90.2 cm³/mol. The summed E-state index contributed by atoms with van der Waals surface area (Å²) in [5.74, 6) is -1.84. The first-order valence-electron chi connectivity index (χ1n) is 7.71. The Labute approximate surface area is 145 Å². The van der Waals surface area contributed by atoms with Crippen molar-refractivity contribution >= 4 is 35.2 Å². The van der Waals surface area contributed by atoms with Crippen LogP contribution in [0.25, 0.3) is 0 Å². The van der Waals surface area contributed by atoms with E-state index in [1.165, 1.54) is 16.7 Å². The fourth-order valence-corrected chi connectivity index (χ4v) is 4.25. The van der Waals surface area contributed by atoms with Gasteiger partial charge < -0.3 is 15.6 Å². The first kappa shape index (κ1) is 18.5. The number of anilines is 1. The number of carbonyl (C=O) groups is 3. The molecule has 1 heterocycles. The van der Waals surface area contributed by atoms with Gasteiger partial charge in [-0.05, 0) is 38.8 Å². The number of amides is 2. The van der Waals surface area contributed by atoms with E-state index in [9.17, 15) is 19.5 Å². The summed E-state index contributed by atoms with van der Waals surface area (Å²) in [4.78, 5) is 37.6. The standard InChI is InChI=1S/C17H22N2O4S/c1-9-6-5-7-10(2)13(9)19-12(20)8-11(15(19)21)24-17(3,4)14(18)16(22)23/h5-7,11,14H,8,18H2,1-4H3,(H,22,23)/t11-,14-/m0/s1. The van der Waals surface area contributed by atoms with Crippen molar-refractivity contribution in [2.75, 3.05) is 4.90 Å². The van der Waals surface area contributed by atoms with Crippen LogP contribution in [0, 0.1) is 13.8 Å². The SMILES string of the molecule is Cc1cccc(C)c1N1C(=O)C[C@H](SC(C)(C)[C@@H]([NH3+])C(=O)[O-])C1=O. The molecule has 1 aromatic carbocycles. The van der Waals surface area contributed by atoms with Gasteiger partial charge in [-0.15, -0.1) is 11.8 Å². The Hall–Kier alpha value is -1.86. The summed E-state index contributed by atoms with van der Waals surface area (Å²) in [6, 6.07) is 4.60. The van der Waals surface area contributed by atoms with E-state index in [2.05, 4.69) is 5.73 Å². The van der Waals surface area contributed by atoms with Crippen LogP contribution >= 0.6 is 11.8 Å². The first-order chi connectivity index (χ1) is 11.1. The van der Waals surface area contributed by atoms with E-state index in [0.29, 0.717) is 5.69 Å². The molecule has 2 amide bonds. The highest BCUT2D eigenvalue weighted by molar-refractivity contribution is 8.02. The molecule has 1 aliphatic heterocycles. The number of hydrogen-bond acceptors (Lipinski definition) is 5. The van der Waals surface area contributed by atoms with E-state index in [-0.39, 0.29) is 18.2 Å². The molecule has 2 atom stereocenters. The number of carboxylic acids is 1. The Morgan fingerprint density at radius 1 is 1.33 bits per heavy atom. The smallest absolute Gasteiger partial charge is 0.247 e. The van der Waals surface area contributed by atoms with Crippen molar-refractivity contribution in [3.8, 4) is 0 Å². The largest absolute Gasteiger partial charge is 0.544 e. The number of imide groups is 1. The van der Waals surface area contributed by atoms with E-state index < -0.39 is 22.0 Å². The Kier molecular flexibility index (Phi) is 5.05. The fraction of sp³-hybridized carbons (Fsp3) is 0.471. The maximum absolute atomic E-state index is 12.8. The van der Waals surface area contributed by atoms with Crippen molar-refractivity contribution in [2.24, 2.45) is 0 Å². The van der Waals surface area contributed by atoms with E-state index in [4.69, 9.17) is 0 Å². The summed E-state index contributed by atoms with van der Waals surface area (Å²) in [5, 5.41) is 10.5. The number of hydrogen-bond donors (Lipinski definition) is 1. The van der Waals surface area contributed by atoms with Gasteiger partial charge in [0.1, 0.15) is 12.0 Å². The van der Waals surface area contributed by atoms with Crippen molar-refractivity contribution in [2.45, 2.75) is 50.2 Å². The minimum Gasteiger partial charge on any atom is -0.544 e. The number of thioether (sulfide) groups is 1. The average Bonchev–Trinajstić information content (AvgIpc) is 2.73. The normalized spacial score (nSPS) is 19.7. The third-order valence-electron chi connectivity index (χ3n) is 4.34. The van der Waals surface area contributed by atoms with Gasteiger partial charge in [-0.2, -0.15) is 0 Å².